The summed E-state index contributed by atoms with van der Waals surface area (Å²) in [4.78, 5) is 15.6. The predicted molar refractivity (Wildman–Crippen MR) is 110 cm³/mol. The first-order valence-electron chi connectivity index (χ1n) is 9.12. The number of nitrogens with one attached hydrogen (secondary N) is 3. The lowest BCUT2D eigenvalue weighted by Crippen LogP contribution is -2.32. The van der Waals surface area contributed by atoms with E-state index in [1.807, 2.05) is 42.6 Å². The van der Waals surface area contributed by atoms with Crippen LogP contribution in [0.3, 0.4) is 0 Å². The van der Waals surface area contributed by atoms with Crippen LogP contribution in [0, 0.1) is 5.82 Å². The van der Waals surface area contributed by atoms with Crippen molar-refractivity contribution in [2.75, 3.05) is 11.9 Å². The molecule has 4 aromatic rings. The number of hydrogen-bond acceptors (Lipinski definition) is 1. The average Bonchev–Trinajstić information content (AvgIpc) is 3.13. The Morgan fingerprint density at radius 3 is 2.57 bits per heavy atom. The summed E-state index contributed by atoms with van der Waals surface area (Å²) in [7, 11) is 0. The third-order valence-electron chi connectivity index (χ3n) is 4.75. The smallest absolute Gasteiger partial charge is 0.319 e. The van der Waals surface area contributed by atoms with Gasteiger partial charge in [-0.3, -0.25) is 0 Å². The number of amides is 2. The molecule has 28 heavy (non-hydrogen) atoms. The molecule has 0 radical (unpaired) electrons. The van der Waals surface area contributed by atoms with E-state index in [2.05, 4.69) is 33.8 Å². The van der Waals surface area contributed by atoms with Gasteiger partial charge in [0.05, 0.1) is 0 Å². The zero-order valence-electron chi connectivity index (χ0n) is 15.2. The van der Waals surface area contributed by atoms with Crippen molar-refractivity contribution in [3.8, 4) is 0 Å². The fraction of sp³-hybridized carbons (Fsp3) is 0.0870. The van der Waals surface area contributed by atoms with Crippen LogP contribution in [0.15, 0.2) is 85.1 Å². The maximum atomic E-state index is 13.3. The summed E-state index contributed by atoms with van der Waals surface area (Å²) >= 11 is 0. The Morgan fingerprint density at radius 2 is 1.75 bits per heavy atom. The van der Waals surface area contributed by atoms with Gasteiger partial charge in [0.2, 0.25) is 0 Å². The van der Waals surface area contributed by atoms with E-state index in [9.17, 15) is 9.18 Å². The van der Waals surface area contributed by atoms with Crippen LogP contribution in [-0.2, 0) is 0 Å². The SMILES string of the molecule is O=C(NCC(c1ccccc1)c1c[nH]c2ccccc12)Nc1cccc(F)c1. The number of para-hydroxylation sites is 1. The van der Waals surface area contributed by atoms with Gasteiger partial charge in [0.25, 0.3) is 0 Å². The third-order valence-corrected chi connectivity index (χ3v) is 4.75. The van der Waals surface area contributed by atoms with E-state index in [0.29, 0.717) is 12.2 Å². The highest BCUT2D eigenvalue weighted by atomic mass is 19.1. The first-order chi connectivity index (χ1) is 13.7. The first kappa shape index (κ1) is 17.8. The molecule has 1 aromatic heterocycles. The van der Waals surface area contributed by atoms with E-state index >= 15 is 0 Å². The van der Waals surface area contributed by atoms with Gasteiger partial charge in [0.1, 0.15) is 5.82 Å². The standard InChI is InChI=1S/C23H20FN3O/c24-17-9-6-10-18(13-17)27-23(28)26-14-20(16-7-2-1-3-8-16)21-15-25-22-12-5-4-11-19(21)22/h1-13,15,20,25H,14H2,(H2,26,27,28). The van der Waals surface area contributed by atoms with Crippen molar-refractivity contribution in [2.45, 2.75) is 5.92 Å². The van der Waals surface area contributed by atoms with Gasteiger partial charge in [-0.15, -0.1) is 0 Å². The highest BCUT2D eigenvalue weighted by Crippen LogP contribution is 2.30. The van der Waals surface area contributed by atoms with Gasteiger partial charge >= 0.3 is 6.03 Å². The predicted octanol–water partition coefficient (Wildman–Crippen LogP) is 5.26. The lowest BCUT2D eigenvalue weighted by Gasteiger charge is -2.18. The number of halogens is 1. The second kappa shape index (κ2) is 7.96. The monoisotopic (exact) mass is 373 g/mol. The summed E-state index contributed by atoms with van der Waals surface area (Å²) in [6.07, 6.45) is 1.99. The number of H-pyrrole nitrogens is 1. The minimum atomic E-state index is -0.390. The van der Waals surface area contributed by atoms with Crippen LogP contribution < -0.4 is 10.6 Å². The molecule has 0 bridgehead atoms. The number of rotatable bonds is 5. The fourth-order valence-corrected chi connectivity index (χ4v) is 3.41. The molecule has 1 heterocycles. The summed E-state index contributed by atoms with van der Waals surface area (Å²) < 4.78 is 13.3. The van der Waals surface area contributed by atoms with Crippen LogP contribution in [0.5, 0.6) is 0 Å². The van der Waals surface area contributed by atoms with Crippen LogP contribution >= 0.6 is 0 Å². The average molecular weight is 373 g/mol. The van der Waals surface area contributed by atoms with Crippen molar-refractivity contribution in [3.63, 3.8) is 0 Å². The van der Waals surface area contributed by atoms with E-state index in [4.69, 9.17) is 0 Å². The Balaban J connectivity index is 1.56. The molecule has 1 atom stereocenters. The second-order valence-electron chi connectivity index (χ2n) is 6.60. The van der Waals surface area contributed by atoms with Crippen LogP contribution in [0.1, 0.15) is 17.0 Å². The van der Waals surface area contributed by atoms with Gasteiger partial charge in [0.15, 0.2) is 0 Å². The van der Waals surface area contributed by atoms with Crippen molar-refractivity contribution in [1.82, 2.24) is 10.3 Å². The van der Waals surface area contributed by atoms with Crippen LogP contribution in [0.2, 0.25) is 0 Å². The van der Waals surface area contributed by atoms with Gasteiger partial charge in [-0.1, -0.05) is 54.6 Å². The number of anilines is 1. The summed E-state index contributed by atoms with van der Waals surface area (Å²) in [5.41, 5.74) is 3.70. The molecular weight excluding hydrogens is 353 g/mol. The maximum Gasteiger partial charge on any atom is 0.319 e. The molecule has 0 aliphatic carbocycles. The van der Waals surface area contributed by atoms with Crippen LogP contribution in [0.4, 0.5) is 14.9 Å². The number of fused-ring (bicyclic) bond motifs is 1. The molecule has 0 saturated heterocycles. The highest BCUT2D eigenvalue weighted by molar-refractivity contribution is 5.89. The maximum absolute atomic E-state index is 13.3. The van der Waals surface area contributed by atoms with E-state index in [1.54, 1.807) is 12.1 Å². The number of aromatic amines is 1. The normalized spacial score (nSPS) is 11.9. The van der Waals surface area contributed by atoms with Gasteiger partial charge in [-0.2, -0.15) is 0 Å². The Kier molecular flexibility index (Phi) is 5.06. The van der Waals surface area contributed by atoms with E-state index < -0.39 is 5.82 Å². The minimum Gasteiger partial charge on any atom is -0.361 e. The van der Waals surface area contributed by atoms with Gasteiger partial charge in [-0.05, 0) is 35.4 Å². The molecule has 0 saturated carbocycles. The third kappa shape index (κ3) is 3.88. The molecule has 0 aliphatic rings. The summed E-state index contributed by atoms with van der Waals surface area (Å²) in [5, 5.41) is 6.72. The molecule has 3 aromatic carbocycles. The molecule has 140 valence electrons. The lowest BCUT2D eigenvalue weighted by molar-refractivity contribution is 0.252. The summed E-state index contributed by atoms with van der Waals surface area (Å²) in [6.45, 7) is 0.410. The summed E-state index contributed by atoms with van der Waals surface area (Å²) in [5.74, 6) is -0.408. The van der Waals surface area contributed by atoms with Crippen molar-refractivity contribution in [1.29, 1.82) is 0 Å². The number of carbonyl (C=O) groups excluding carboxylic acids is 1. The van der Waals surface area contributed by atoms with Crippen molar-refractivity contribution >= 4 is 22.6 Å². The van der Waals surface area contributed by atoms with Crippen LogP contribution in [-0.4, -0.2) is 17.6 Å². The number of carbonyl (C=O) groups is 1. The largest absolute Gasteiger partial charge is 0.361 e. The Morgan fingerprint density at radius 1 is 0.964 bits per heavy atom. The Bertz CT molecular complexity index is 1090. The Hall–Kier alpha value is -3.60. The molecular formula is C23H20FN3O. The van der Waals surface area contributed by atoms with Gasteiger partial charge in [-0.25, -0.2) is 9.18 Å². The second-order valence-corrected chi connectivity index (χ2v) is 6.60. The topological polar surface area (TPSA) is 56.9 Å². The number of urea groups is 1. The lowest BCUT2D eigenvalue weighted by atomic mass is 9.91. The van der Waals surface area contributed by atoms with Gasteiger partial charge in [0, 0.05) is 35.2 Å². The molecule has 0 spiro atoms. The van der Waals surface area contributed by atoms with E-state index in [1.165, 1.54) is 12.1 Å². The zero-order chi connectivity index (χ0) is 19.3. The zero-order valence-corrected chi connectivity index (χ0v) is 15.2. The highest BCUT2D eigenvalue weighted by Gasteiger charge is 2.19. The van der Waals surface area contributed by atoms with Gasteiger partial charge < -0.3 is 15.6 Å². The minimum absolute atomic E-state index is 0.0180. The molecule has 1 unspecified atom stereocenters. The number of benzene rings is 3. The van der Waals surface area contributed by atoms with Crippen LogP contribution in [0.25, 0.3) is 10.9 Å². The molecule has 3 N–H and O–H groups in total. The summed E-state index contributed by atoms with van der Waals surface area (Å²) in [6, 6.07) is 23.6. The molecule has 2 amide bonds. The van der Waals surface area contributed by atoms with Crippen molar-refractivity contribution in [2.24, 2.45) is 0 Å². The number of aromatic nitrogens is 1. The first-order valence-corrected chi connectivity index (χ1v) is 9.12. The molecule has 0 aliphatic heterocycles. The number of hydrogen-bond donors (Lipinski definition) is 3. The quantitative estimate of drug-likeness (QED) is 0.439. The molecule has 0 fully saturated rings. The Labute approximate surface area is 162 Å². The van der Waals surface area contributed by atoms with Crippen molar-refractivity contribution < 1.29 is 9.18 Å². The molecule has 4 nitrogen and oxygen atoms in total. The van der Waals surface area contributed by atoms with E-state index in [-0.39, 0.29) is 11.9 Å². The molecule has 5 heteroatoms. The fourth-order valence-electron chi connectivity index (χ4n) is 3.41. The van der Waals surface area contributed by atoms with E-state index in [0.717, 1.165) is 22.0 Å². The van der Waals surface area contributed by atoms with Crippen molar-refractivity contribution in [3.05, 3.63) is 102 Å². The molecule has 4 rings (SSSR count).